The number of hydrogen-bond acceptors (Lipinski definition) is 3. The summed E-state index contributed by atoms with van der Waals surface area (Å²) in [4.78, 5) is 12.8. The van der Waals surface area contributed by atoms with Gasteiger partial charge in [-0.2, -0.15) is 0 Å². The van der Waals surface area contributed by atoms with Crippen molar-refractivity contribution in [2.75, 3.05) is 7.11 Å². The smallest absolute Gasteiger partial charge is 0.185 e. The maximum Gasteiger partial charge on any atom is 0.185 e. The van der Waals surface area contributed by atoms with Crippen molar-refractivity contribution in [3.8, 4) is 0 Å². The van der Waals surface area contributed by atoms with E-state index in [-0.39, 0.29) is 11.7 Å². The molecule has 0 aromatic rings. The molecule has 4 heteroatoms. The number of carbonyl (C=O) groups is 1. The third kappa shape index (κ3) is 3.19. The van der Waals surface area contributed by atoms with E-state index in [0.717, 1.165) is 25.7 Å². The summed E-state index contributed by atoms with van der Waals surface area (Å²) < 4.78 is 12.7. The Balaban J connectivity index is 2.32. The van der Waals surface area contributed by atoms with Crippen molar-refractivity contribution >= 4 is 14.1 Å². The maximum atomic E-state index is 12.8. The molecule has 0 saturated heterocycles. The second kappa shape index (κ2) is 5.96. The first kappa shape index (κ1) is 19.1. The van der Waals surface area contributed by atoms with Crippen molar-refractivity contribution in [2.45, 2.75) is 90.6 Å². The van der Waals surface area contributed by atoms with E-state index in [0.29, 0.717) is 17.8 Å². The lowest BCUT2D eigenvalue weighted by molar-refractivity contribution is -0.226. The van der Waals surface area contributed by atoms with Crippen molar-refractivity contribution in [3.05, 3.63) is 0 Å². The lowest BCUT2D eigenvalue weighted by atomic mass is 9.54. The van der Waals surface area contributed by atoms with Gasteiger partial charge in [0.1, 0.15) is 11.2 Å². The zero-order chi connectivity index (χ0) is 17.7. The number of methoxy groups -OCH3 is 1. The van der Waals surface area contributed by atoms with E-state index in [4.69, 9.17) is 9.16 Å². The Kier molecular flexibility index (Phi) is 4.96. The van der Waals surface area contributed by atoms with Crippen molar-refractivity contribution in [3.63, 3.8) is 0 Å². The maximum absolute atomic E-state index is 12.8. The van der Waals surface area contributed by atoms with Crippen molar-refractivity contribution in [1.82, 2.24) is 0 Å². The minimum absolute atomic E-state index is 0.257. The third-order valence-corrected chi connectivity index (χ3v) is 7.09. The van der Waals surface area contributed by atoms with E-state index in [2.05, 4.69) is 47.3 Å². The van der Waals surface area contributed by atoms with Gasteiger partial charge in [-0.15, -0.1) is 0 Å². The van der Waals surface area contributed by atoms with Crippen LogP contribution in [0.25, 0.3) is 0 Å². The van der Waals surface area contributed by atoms with Crippen LogP contribution < -0.4 is 0 Å². The summed E-state index contributed by atoms with van der Waals surface area (Å²) in [6, 6.07) is 0. The molecule has 0 unspecified atom stereocenters. The highest BCUT2D eigenvalue weighted by Crippen LogP contribution is 2.56. The highest BCUT2D eigenvalue weighted by Gasteiger charge is 2.68. The van der Waals surface area contributed by atoms with Gasteiger partial charge in [0.05, 0.1) is 0 Å². The number of hydrogen-bond donors (Lipinski definition) is 0. The van der Waals surface area contributed by atoms with Crippen molar-refractivity contribution < 1.29 is 14.0 Å². The van der Waals surface area contributed by atoms with Gasteiger partial charge >= 0.3 is 0 Å². The first-order chi connectivity index (χ1) is 10.4. The quantitative estimate of drug-likeness (QED) is 0.689. The molecule has 0 aliphatic heterocycles. The number of rotatable bonds is 4. The van der Waals surface area contributed by atoms with Gasteiger partial charge in [-0.05, 0) is 56.7 Å². The van der Waals surface area contributed by atoms with E-state index in [1.54, 1.807) is 7.11 Å². The molecule has 2 fully saturated rings. The predicted octanol–water partition coefficient (Wildman–Crippen LogP) is 4.81. The van der Waals surface area contributed by atoms with Gasteiger partial charge in [0, 0.05) is 19.4 Å². The summed E-state index contributed by atoms with van der Waals surface area (Å²) >= 11 is 0. The van der Waals surface area contributed by atoms with Gasteiger partial charge in [0.15, 0.2) is 14.1 Å². The highest BCUT2D eigenvalue weighted by molar-refractivity contribution is 6.70. The molecule has 0 N–H and O–H groups in total. The van der Waals surface area contributed by atoms with Gasteiger partial charge in [-0.3, -0.25) is 4.79 Å². The molecular formula is C19H36O3Si. The highest BCUT2D eigenvalue weighted by atomic mass is 28.4. The topological polar surface area (TPSA) is 35.5 Å². The first-order valence-electron chi connectivity index (χ1n) is 9.16. The summed E-state index contributed by atoms with van der Waals surface area (Å²) in [5, 5.41) is 0. The summed E-state index contributed by atoms with van der Waals surface area (Å²) in [5.74, 6) is 1.22. The number of ether oxygens (including phenoxy) is 1. The van der Waals surface area contributed by atoms with Crippen LogP contribution in [0, 0.1) is 17.3 Å². The van der Waals surface area contributed by atoms with Crippen LogP contribution in [0.2, 0.25) is 19.6 Å². The Labute approximate surface area is 143 Å². The van der Waals surface area contributed by atoms with Gasteiger partial charge in [-0.25, -0.2) is 0 Å². The average molecular weight is 341 g/mol. The Hall–Kier alpha value is -0.193. The number of ketones is 1. The summed E-state index contributed by atoms with van der Waals surface area (Å²) in [5.41, 5.74) is -0.805. The molecule has 0 aromatic heterocycles. The zero-order valence-corrected chi connectivity index (χ0v) is 17.4. The molecule has 0 radical (unpaired) electrons. The molecular weight excluding hydrogens is 304 g/mol. The molecule has 2 saturated carbocycles. The van der Waals surface area contributed by atoms with Crippen LogP contribution in [0.3, 0.4) is 0 Å². The second-order valence-electron chi connectivity index (χ2n) is 9.82. The van der Waals surface area contributed by atoms with Gasteiger partial charge < -0.3 is 9.16 Å². The van der Waals surface area contributed by atoms with Crippen LogP contribution in [-0.4, -0.2) is 32.4 Å². The minimum atomic E-state index is -1.85. The van der Waals surface area contributed by atoms with Crippen LogP contribution in [0.1, 0.15) is 59.8 Å². The van der Waals surface area contributed by atoms with Crippen molar-refractivity contribution in [2.24, 2.45) is 17.3 Å². The third-order valence-electron chi connectivity index (χ3n) is 6.15. The second-order valence-corrected chi connectivity index (χ2v) is 14.2. The standard InChI is InChI=1S/C19H36O3Si/c1-14-13-16(20)19(14,22-23(6,7)8)18(21-5)11-9-15(10-12-18)17(2,3)4/h14-15H,9-13H2,1-8H3/t14-,15?,18?,19-/m0/s1. The van der Waals surface area contributed by atoms with E-state index in [1.807, 2.05) is 0 Å². The molecule has 0 bridgehead atoms. The normalized spacial score (nSPS) is 39.2. The SMILES string of the molecule is COC1([C@@]2(O[Si](C)(C)C)C(=O)C[C@@H]2C)CCC(C(C)(C)C)CC1. The Morgan fingerprint density at radius 2 is 1.65 bits per heavy atom. The average Bonchev–Trinajstić information content (AvgIpc) is 2.43. The fourth-order valence-corrected chi connectivity index (χ4v) is 6.30. The summed E-state index contributed by atoms with van der Waals surface area (Å²) in [7, 11) is -0.0649. The number of carbonyl (C=O) groups excluding carboxylic acids is 1. The van der Waals surface area contributed by atoms with E-state index >= 15 is 0 Å². The van der Waals surface area contributed by atoms with E-state index in [9.17, 15) is 4.79 Å². The fraction of sp³-hybridized carbons (Fsp3) is 0.947. The predicted molar refractivity (Wildman–Crippen MR) is 97.1 cm³/mol. The Morgan fingerprint density at radius 3 is 1.96 bits per heavy atom. The van der Waals surface area contributed by atoms with E-state index in [1.165, 1.54) is 0 Å². The van der Waals surface area contributed by atoms with Gasteiger partial charge in [-0.1, -0.05) is 27.7 Å². The fourth-order valence-electron chi connectivity index (χ4n) is 4.83. The molecule has 3 nitrogen and oxygen atoms in total. The Bertz CT molecular complexity index is 452. The number of Topliss-reactive ketones (excluding diaryl/α,β-unsaturated/α-hetero) is 1. The zero-order valence-electron chi connectivity index (χ0n) is 16.4. The molecule has 2 atom stereocenters. The minimum Gasteiger partial charge on any atom is -0.402 e. The molecule has 23 heavy (non-hydrogen) atoms. The van der Waals surface area contributed by atoms with Crippen LogP contribution >= 0.6 is 0 Å². The van der Waals surface area contributed by atoms with E-state index < -0.39 is 19.5 Å². The Morgan fingerprint density at radius 1 is 1.13 bits per heavy atom. The summed E-state index contributed by atoms with van der Waals surface area (Å²) in [6.07, 6.45) is 4.75. The molecule has 0 amide bonds. The van der Waals surface area contributed by atoms with Crippen LogP contribution in [0.4, 0.5) is 0 Å². The van der Waals surface area contributed by atoms with Crippen LogP contribution in [0.5, 0.6) is 0 Å². The molecule has 2 aliphatic rings. The van der Waals surface area contributed by atoms with Crippen LogP contribution in [-0.2, 0) is 14.0 Å². The molecule has 2 rings (SSSR count). The lowest BCUT2D eigenvalue weighted by Crippen LogP contribution is -2.74. The first-order valence-corrected chi connectivity index (χ1v) is 12.6. The lowest BCUT2D eigenvalue weighted by Gasteiger charge is -2.61. The monoisotopic (exact) mass is 340 g/mol. The molecule has 134 valence electrons. The molecule has 0 heterocycles. The largest absolute Gasteiger partial charge is 0.402 e. The van der Waals surface area contributed by atoms with Gasteiger partial charge in [0.25, 0.3) is 0 Å². The molecule has 0 spiro atoms. The van der Waals surface area contributed by atoms with Crippen molar-refractivity contribution in [1.29, 1.82) is 0 Å². The van der Waals surface area contributed by atoms with Crippen LogP contribution in [0.15, 0.2) is 0 Å². The summed E-state index contributed by atoms with van der Waals surface area (Å²) in [6.45, 7) is 15.7. The molecule has 0 aromatic carbocycles. The van der Waals surface area contributed by atoms with Gasteiger partial charge in [0.2, 0.25) is 0 Å². The molecule has 2 aliphatic carbocycles.